The second-order valence-corrected chi connectivity index (χ2v) is 4.83. The summed E-state index contributed by atoms with van der Waals surface area (Å²) in [7, 11) is 1.57. The molecule has 3 aromatic heterocycles. The number of halogens is 4. The third-order valence-corrected chi connectivity index (χ3v) is 3.25. The van der Waals surface area contributed by atoms with Gasteiger partial charge in [0.2, 0.25) is 0 Å². The summed E-state index contributed by atoms with van der Waals surface area (Å²) < 4.78 is 53.5. The van der Waals surface area contributed by atoms with Gasteiger partial charge in [0, 0.05) is 12.7 Å². The standard InChI is InChI=1S/C14H10F4N4/c1-7-3-4-8(15)12(20-7)13-21-9-5-11(14(16,17)18)19-6-10(9)22(13)2/h3-6H,1-2H3. The van der Waals surface area contributed by atoms with E-state index in [0.717, 1.165) is 12.3 Å². The topological polar surface area (TPSA) is 43.6 Å². The lowest BCUT2D eigenvalue weighted by Crippen LogP contribution is -2.07. The second-order valence-electron chi connectivity index (χ2n) is 4.83. The summed E-state index contributed by atoms with van der Waals surface area (Å²) in [5, 5.41) is 0. The molecule has 0 aliphatic rings. The molecule has 0 aromatic carbocycles. The van der Waals surface area contributed by atoms with E-state index < -0.39 is 17.7 Å². The van der Waals surface area contributed by atoms with E-state index >= 15 is 0 Å². The van der Waals surface area contributed by atoms with E-state index in [9.17, 15) is 17.6 Å². The molecule has 0 aliphatic heterocycles. The SMILES string of the molecule is Cc1ccc(F)c(-c2nc3cc(C(F)(F)F)ncc3n2C)n1. The van der Waals surface area contributed by atoms with Crippen molar-refractivity contribution >= 4 is 11.0 Å². The first-order valence-corrected chi connectivity index (χ1v) is 6.30. The molecule has 0 saturated heterocycles. The molecule has 0 bridgehead atoms. The van der Waals surface area contributed by atoms with E-state index in [0.29, 0.717) is 11.2 Å². The number of alkyl halides is 3. The molecule has 0 amide bonds. The molecule has 0 unspecified atom stereocenters. The predicted octanol–water partition coefficient (Wildman–Crippen LogP) is 3.50. The lowest BCUT2D eigenvalue weighted by Gasteiger charge is -2.05. The first-order valence-electron chi connectivity index (χ1n) is 6.30. The smallest absolute Gasteiger partial charge is 0.324 e. The van der Waals surface area contributed by atoms with Gasteiger partial charge in [-0.3, -0.25) is 0 Å². The van der Waals surface area contributed by atoms with Crippen molar-refractivity contribution < 1.29 is 17.6 Å². The highest BCUT2D eigenvalue weighted by Crippen LogP contribution is 2.31. The molecule has 0 saturated carbocycles. The Morgan fingerprint density at radius 2 is 1.86 bits per heavy atom. The highest BCUT2D eigenvalue weighted by Gasteiger charge is 2.33. The summed E-state index contributed by atoms with van der Waals surface area (Å²) in [6, 6.07) is 3.59. The molecular weight excluding hydrogens is 300 g/mol. The molecule has 0 N–H and O–H groups in total. The van der Waals surface area contributed by atoms with Crippen molar-refractivity contribution in [3.05, 3.63) is 41.6 Å². The van der Waals surface area contributed by atoms with Gasteiger partial charge >= 0.3 is 6.18 Å². The fourth-order valence-corrected chi connectivity index (χ4v) is 2.15. The maximum Gasteiger partial charge on any atom is 0.433 e. The van der Waals surface area contributed by atoms with Gasteiger partial charge in [0.15, 0.2) is 11.6 Å². The molecule has 0 radical (unpaired) electrons. The Morgan fingerprint density at radius 1 is 1.14 bits per heavy atom. The third kappa shape index (κ3) is 2.30. The van der Waals surface area contributed by atoms with Crippen LogP contribution in [0.25, 0.3) is 22.6 Å². The largest absolute Gasteiger partial charge is 0.433 e. The number of imidazole rings is 1. The van der Waals surface area contributed by atoms with Gasteiger partial charge in [0.05, 0.1) is 17.2 Å². The quantitative estimate of drug-likeness (QED) is 0.646. The zero-order valence-corrected chi connectivity index (χ0v) is 11.6. The Balaban J connectivity index is 2.24. The van der Waals surface area contributed by atoms with Gasteiger partial charge < -0.3 is 4.57 Å². The van der Waals surface area contributed by atoms with Gasteiger partial charge in [-0.2, -0.15) is 13.2 Å². The van der Waals surface area contributed by atoms with Crippen LogP contribution in [0.2, 0.25) is 0 Å². The van der Waals surface area contributed by atoms with Crippen LogP contribution in [0.15, 0.2) is 24.4 Å². The van der Waals surface area contributed by atoms with Crippen molar-refractivity contribution in [3.63, 3.8) is 0 Å². The first-order chi connectivity index (χ1) is 10.3. The summed E-state index contributed by atoms with van der Waals surface area (Å²) in [6.07, 6.45) is -3.49. The van der Waals surface area contributed by atoms with Gasteiger partial charge in [0.1, 0.15) is 11.4 Å². The number of nitrogens with zero attached hydrogens (tertiary/aromatic N) is 4. The maximum atomic E-state index is 13.9. The van der Waals surface area contributed by atoms with Crippen molar-refractivity contribution in [2.24, 2.45) is 7.05 Å². The van der Waals surface area contributed by atoms with E-state index in [1.807, 2.05) is 0 Å². The summed E-state index contributed by atoms with van der Waals surface area (Å²) in [5.74, 6) is -0.440. The number of aryl methyl sites for hydroxylation is 2. The van der Waals surface area contributed by atoms with Crippen molar-refractivity contribution in [1.29, 1.82) is 0 Å². The fourth-order valence-electron chi connectivity index (χ4n) is 2.15. The number of hydrogen-bond donors (Lipinski definition) is 0. The molecule has 0 aliphatic carbocycles. The van der Waals surface area contributed by atoms with Gasteiger partial charge in [0.25, 0.3) is 0 Å². The molecule has 114 valence electrons. The van der Waals surface area contributed by atoms with Crippen LogP contribution in [0.3, 0.4) is 0 Å². The normalized spacial score (nSPS) is 12.1. The van der Waals surface area contributed by atoms with Crippen LogP contribution >= 0.6 is 0 Å². The minimum Gasteiger partial charge on any atom is -0.324 e. The Hall–Kier alpha value is -2.51. The van der Waals surface area contributed by atoms with Gasteiger partial charge in [-0.1, -0.05) is 0 Å². The Kier molecular flexibility index (Phi) is 3.12. The molecular formula is C14H10F4N4. The molecule has 0 atom stereocenters. The van der Waals surface area contributed by atoms with Crippen LogP contribution < -0.4 is 0 Å². The van der Waals surface area contributed by atoms with Crippen molar-refractivity contribution in [3.8, 4) is 11.5 Å². The molecule has 8 heteroatoms. The molecule has 22 heavy (non-hydrogen) atoms. The molecule has 0 fully saturated rings. The summed E-state index contributed by atoms with van der Waals surface area (Å²) in [5.41, 5.74) is -0.0135. The molecule has 0 spiro atoms. The number of pyridine rings is 2. The highest BCUT2D eigenvalue weighted by atomic mass is 19.4. The van der Waals surface area contributed by atoms with E-state index in [2.05, 4.69) is 15.0 Å². The zero-order valence-electron chi connectivity index (χ0n) is 11.6. The number of rotatable bonds is 1. The van der Waals surface area contributed by atoms with Crippen LogP contribution in [0.1, 0.15) is 11.4 Å². The van der Waals surface area contributed by atoms with Crippen molar-refractivity contribution in [2.45, 2.75) is 13.1 Å². The van der Waals surface area contributed by atoms with E-state index in [-0.39, 0.29) is 17.0 Å². The van der Waals surface area contributed by atoms with Gasteiger partial charge in [-0.05, 0) is 25.1 Å². The van der Waals surface area contributed by atoms with E-state index in [1.54, 1.807) is 14.0 Å². The lowest BCUT2D eigenvalue weighted by atomic mass is 10.3. The minimum absolute atomic E-state index is 0.00717. The molecule has 3 heterocycles. The van der Waals surface area contributed by atoms with Crippen LogP contribution in [-0.2, 0) is 13.2 Å². The number of fused-ring (bicyclic) bond motifs is 1. The minimum atomic E-state index is -4.56. The van der Waals surface area contributed by atoms with Crippen molar-refractivity contribution in [2.75, 3.05) is 0 Å². The summed E-state index contributed by atoms with van der Waals surface area (Å²) >= 11 is 0. The highest BCUT2D eigenvalue weighted by molar-refractivity contribution is 5.79. The van der Waals surface area contributed by atoms with Crippen LogP contribution in [0, 0.1) is 12.7 Å². The number of hydrogen-bond acceptors (Lipinski definition) is 3. The second kappa shape index (κ2) is 4.75. The van der Waals surface area contributed by atoms with Crippen LogP contribution in [0.4, 0.5) is 17.6 Å². The van der Waals surface area contributed by atoms with Gasteiger partial charge in [-0.25, -0.2) is 19.3 Å². The third-order valence-electron chi connectivity index (χ3n) is 3.25. The number of aromatic nitrogens is 4. The Bertz CT molecular complexity index is 867. The van der Waals surface area contributed by atoms with E-state index in [4.69, 9.17) is 0 Å². The maximum absolute atomic E-state index is 13.9. The van der Waals surface area contributed by atoms with Crippen molar-refractivity contribution in [1.82, 2.24) is 19.5 Å². The zero-order chi connectivity index (χ0) is 16.1. The first kappa shape index (κ1) is 14.4. The van der Waals surface area contributed by atoms with Crippen LogP contribution in [0.5, 0.6) is 0 Å². The average molecular weight is 310 g/mol. The average Bonchev–Trinajstić information content (AvgIpc) is 2.77. The predicted molar refractivity (Wildman–Crippen MR) is 71.4 cm³/mol. The van der Waals surface area contributed by atoms with E-state index in [1.165, 1.54) is 16.7 Å². The van der Waals surface area contributed by atoms with Gasteiger partial charge in [-0.15, -0.1) is 0 Å². The Labute approximate surface area is 122 Å². The fraction of sp³-hybridized carbons (Fsp3) is 0.214. The summed E-state index contributed by atoms with van der Waals surface area (Å²) in [6.45, 7) is 1.69. The van der Waals surface area contributed by atoms with Crippen LogP contribution in [-0.4, -0.2) is 19.5 Å². The Morgan fingerprint density at radius 3 is 2.55 bits per heavy atom. The molecule has 3 rings (SSSR count). The molecule has 3 aromatic rings. The molecule has 4 nitrogen and oxygen atoms in total. The lowest BCUT2D eigenvalue weighted by molar-refractivity contribution is -0.141. The monoisotopic (exact) mass is 310 g/mol. The summed E-state index contributed by atoms with van der Waals surface area (Å²) in [4.78, 5) is 11.5.